The molecule has 36 heavy (non-hydrogen) atoms. The third kappa shape index (κ3) is 4.98. The monoisotopic (exact) mass is 532 g/mol. The summed E-state index contributed by atoms with van der Waals surface area (Å²) in [4.78, 5) is 13.8. The smallest absolute Gasteiger partial charge is 0.283 e. The molecule has 6 nitrogen and oxygen atoms in total. The number of carbonyl (C=O) groups excluding carboxylic acids is 1. The number of hydrogen-bond acceptors (Lipinski definition) is 4. The number of amides is 1. The van der Waals surface area contributed by atoms with Crippen LogP contribution in [0.5, 0.6) is 0 Å². The molecule has 1 aliphatic carbocycles. The molecule has 2 aliphatic rings. The van der Waals surface area contributed by atoms with E-state index in [-0.39, 0.29) is 29.5 Å². The average Bonchev–Trinajstić information content (AvgIpc) is 3.01. The van der Waals surface area contributed by atoms with Gasteiger partial charge in [0, 0.05) is 11.6 Å². The van der Waals surface area contributed by atoms with E-state index in [0.29, 0.717) is 12.5 Å². The predicted octanol–water partition coefficient (Wildman–Crippen LogP) is 3.38. The summed E-state index contributed by atoms with van der Waals surface area (Å²) in [6, 6.07) is 2.71. The molecule has 12 heteroatoms. The van der Waals surface area contributed by atoms with Gasteiger partial charge in [0.2, 0.25) is 10.0 Å². The summed E-state index contributed by atoms with van der Waals surface area (Å²) >= 11 is 0. The van der Waals surface area contributed by atoms with Crippen LogP contribution in [0.25, 0.3) is 11.1 Å². The minimum absolute atomic E-state index is 0.0704. The standard InChI is InChI=1S/C24H25F5N2O4S/c1-2-36(34,35)30-21-19(31(13-24(21,28)29)22(32)23(33)7-4-8-23)11-14-5-3-6-18(20(14)27)15-9-16(25)12-17(26)10-15/h3,5-6,9-10,12,19,21,30,33H,2,4,7-8,11,13H2,1H3/t19-,21+/m0/s1. The minimum Gasteiger partial charge on any atom is -0.380 e. The fourth-order valence-corrected chi connectivity index (χ4v) is 5.57. The Morgan fingerprint density at radius 1 is 1.14 bits per heavy atom. The Bertz CT molecular complexity index is 1260. The van der Waals surface area contributed by atoms with Crippen LogP contribution in [-0.2, 0) is 21.2 Å². The molecule has 1 heterocycles. The van der Waals surface area contributed by atoms with Gasteiger partial charge in [0.25, 0.3) is 11.8 Å². The van der Waals surface area contributed by atoms with Gasteiger partial charge in [0.1, 0.15) is 29.1 Å². The quantitative estimate of drug-likeness (QED) is 0.536. The van der Waals surface area contributed by atoms with E-state index in [0.717, 1.165) is 17.0 Å². The third-order valence-electron chi connectivity index (χ3n) is 6.83. The van der Waals surface area contributed by atoms with E-state index in [4.69, 9.17) is 0 Å². The normalized spacial score (nSPS) is 22.9. The largest absolute Gasteiger partial charge is 0.380 e. The number of likely N-dealkylation sites (tertiary alicyclic amines) is 1. The van der Waals surface area contributed by atoms with E-state index in [1.165, 1.54) is 25.1 Å². The molecule has 1 saturated carbocycles. The van der Waals surface area contributed by atoms with E-state index in [2.05, 4.69) is 0 Å². The first-order valence-electron chi connectivity index (χ1n) is 11.4. The van der Waals surface area contributed by atoms with Crippen molar-refractivity contribution in [1.29, 1.82) is 0 Å². The highest BCUT2D eigenvalue weighted by Crippen LogP contribution is 2.41. The van der Waals surface area contributed by atoms with Crippen molar-refractivity contribution in [1.82, 2.24) is 9.62 Å². The Hall–Kier alpha value is -2.57. The van der Waals surface area contributed by atoms with Crippen LogP contribution in [0.4, 0.5) is 22.0 Å². The van der Waals surface area contributed by atoms with E-state index >= 15 is 13.2 Å². The lowest BCUT2D eigenvalue weighted by atomic mass is 9.79. The fourth-order valence-electron chi connectivity index (χ4n) is 4.68. The Morgan fingerprint density at radius 2 is 1.78 bits per heavy atom. The van der Waals surface area contributed by atoms with Gasteiger partial charge in [-0.15, -0.1) is 0 Å². The minimum atomic E-state index is -4.15. The van der Waals surface area contributed by atoms with Gasteiger partial charge < -0.3 is 10.0 Å². The van der Waals surface area contributed by atoms with Crippen LogP contribution in [-0.4, -0.2) is 60.2 Å². The SMILES string of the molecule is CCS(=O)(=O)N[C@@H]1[C@H](Cc2cccc(-c3cc(F)cc(F)c3)c2F)N(C(=O)C2(O)CCC2)CC1(F)F. The number of sulfonamides is 1. The van der Waals surface area contributed by atoms with Crippen molar-refractivity contribution in [3.05, 3.63) is 59.4 Å². The highest BCUT2D eigenvalue weighted by Gasteiger charge is 2.60. The fraction of sp³-hybridized carbons (Fsp3) is 0.458. The lowest BCUT2D eigenvalue weighted by Crippen LogP contribution is -2.57. The number of nitrogens with zero attached hydrogens (tertiary/aromatic N) is 1. The van der Waals surface area contributed by atoms with Crippen LogP contribution in [0.2, 0.25) is 0 Å². The molecule has 2 atom stereocenters. The molecule has 2 aromatic carbocycles. The highest BCUT2D eigenvalue weighted by molar-refractivity contribution is 7.89. The van der Waals surface area contributed by atoms with Crippen molar-refractivity contribution in [2.24, 2.45) is 0 Å². The predicted molar refractivity (Wildman–Crippen MR) is 121 cm³/mol. The molecule has 0 radical (unpaired) electrons. The highest BCUT2D eigenvalue weighted by atomic mass is 32.2. The van der Waals surface area contributed by atoms with Gasteiger partial charge in [-0.2, -0.15) is 0 Å². The molecular formula is C24H25F5N2O4S. The van der Waals surface area contributed by atoms with E-state index < -0.39 is 75.7 Å². The molecule has 0 spiro atoms. The maximum atomic E-state index is 15.5. The number of carbonyl (C=O) groups is 1. The van der Waals surface area contributed by atoms with Gasteiger partial charge in [0.15, 0.2) is 0 Å². The van der Waals surface area contributed by atoms with Crippen LogP contribution in [0.15, 0.2) is 36.4 Å². The molecular weight excluding hydrogens is 507 g/mol. The maximum Gasteiger partial charge on any atom is 0.283 e. The molecule has 2 fully saturated rings. The zero-order valence-corrected chi connectivity index (χ0v) is 20.1. The first kappa shape index (κ1) is 26.5. The number of nitrogens with one attached hydrogen (secondary N) is 1. The van der Waals surface area contributed by atoms with Crippen molar-refractivity contribution in [3.63, 3.8) is 0 Å². The van der Waals surface area contributed by atoms with Gasteiger partial charge in [-0.3, -0.25) is 4.79 Å². The number of benzene rings is 2. The second kappa shape index (κ2) is 9.38. The number of hydrogen-bond donors (Lipinski definition) is 2. The Morgan fingerprint density at radius 3 is 2.33 bits per heavy atom. The van der Waals surface area contributed by atoms with Gasteiger partial charge in [-0.05, 0) is 55.9 Å². The zero-order valence-electron chi connectivity index (χ0n) is 19.3. The lowest BCUT2D eigenvalue weighted by Gasteiger charge is -2.40. The molecule has 2 N–H and O–H groups in total. The Balaban J connectivity index is 1.75. The number of rotatable bonds is 7. The summed E-state index contributed by atoms with van der Waals surface area (Å²) in [6.45, 7) is 0.0951. The summed E-state index contributed by atoms with van der Waals surface area (Å²) in [7, 11) is -4.15. The summed E-state index contributed by atoms with van der Waals surface area (Å²) < 4.78 is 99.5. The molecule has 196 valence electrons. The number of halogens is 5. The van der Waals surface area contributed by atoms with Gasteiger partial charge in [0.05, 0.1) is 18.3 Å². The van der Waals surface area contributed by atoms with Crippen molar-refractivity contribution in [2.75, 3.05) is 12.3 Å². The average molecular weight is 533 g/mol. The molecule has 1 amide bonds. The topological polar surface area (TPSA) is 86.7 Å². The molecule has 4 rings (SSSR count). The van der Waals surface area contributed by atoms with Crippen molar-refractivity contribution in [3.8, 4) is 11.1 Å². The Labute approximate surface area is 205 Å². The van der Waals surface area contributed by atoms with Crippen molar-refractivity contribution in [2.45, 2.75) is 56.2 Å². The van der Waals surface area contributed by atoms with Gasteiger partial charge >= 0.3 is 0 Å². The third-order valence-corrected chi connectivity index (χ3v) is 8.20. The summed E-state index contributed by atoms with van der Waals surface area (Å²) in [5, 5.41) is 10.5. The lowest BCUT2D eigenvalue weighted by molar-refractivity contribution is -0.162. The molecule has 0 aromatic heterocycles. The second-order valence-electron chi connectivity index (χ2n) is 9.29. The summed E-state index contributed by atoms with van der Waals surface area (Å²) in [6.07, 6.45) is 0.123. The first-order valence-corrected chi connectivity index (χ1v) is 13.1. The number of aliphatic hydroxyl groups is 1. The zero-order chi connectivity index (χ0) is 26.5. The van der Waals surface area contributed by atoms with Crippen LogP contribution in [0.3, 0.4) is 0 Å². The van der Waals surface area contributed by atoms with E-state index in [9.17, 15) is 27.1 Å². The van der Waals surface area contributed by atoms with Gasteiger partial charge in [-0.25, -0.2) is 35.1 Å². The van der Waals surface area contributed by atoms with Crippen molar-refractivity contribution < 1.29 is 40.3 Å². The van der Waals surface area contributed by atoms with Crippen LogP contribution in [0, 0.1) is 17.5 Å². The molecule has 0 bridgehead atoms. The van der Waals surface area contributed by atoms with Crippen LogP contribution >= 0.6 is 0 Å². The molecule has 1 aliphatic heterocycles. The van der Waals surface area contributed by atoms with Crippen LogP contribution < -0.4 is 4.72 Å². The number of alkyl halides is 2. The second-order valence-corrected chi connectivity index (χ2v) is 11.3. The molecule has 0 unspecified atom stereocenters. The maximum absolute atomic E-state index is 15.5. The summed E-state index contributed by atoms with van der Waals surface area (Å²) in [5.41, 5.74) is -2.33. The Kier molecular flexibility index (Phi) is 6.91. The van der Waals surface area contributed by atoms with Crippen LogP contribution in [0.1, 0.15) is 31.7 Å². The molecule has 1 saturated heterocycles. The molecule has 2 aromatic rings. The van der Waals surface area contributed by atoms with E-state index in [1.54, 1.807) is 0 Å². The van der Waals surface area contributed by atoms with Gasteiger partial charge in [-0.1, -0.05) is 18.2 Å². The van der Waals surface area contributed by atoms with E-state index in [1.807, 2.05) is 4.72 Å². The van der Waals surface area contributed by atoms with Crippen molar-refractivity contribution >= 4 is 15.9 Å². The first-order chi connectivity index (χ1) is 16.8. The summed E-state index contributed by atoms with van der Waals surface area (Å²) in [5.74, 6) is -8.01.